The van der Waals surface area contributed by atoms with Crippen molar-refractivity contribution in [2.45, 2.75) is 83.5 Å². The molecule has 2 aliphatic heterocycles. The van der Waals surface area contributed by atoms with E-state index in [-0.39, 0.29) is 17.6 Å². The molecule has 2 fully saturated rings. The number of rotatable bonds is 5. The maximum atomic E-state index is 12.1. The second-order valence-corrected chi connectivity index (χ2v) is 8.12. The summed E-state index contributed by atoms with van der Waals surface area (Å²) < 4.78 is 0. The number of hydrogen-bond acceptors (Lipinski definition) is 3. The van der Waals surface area contributed by atoms with Gasteiger partial charge in [0.25, 0.3) is 0 Å². The van der Waals surface area contributed by atoms with Crippen molar-refractivity contribution in [3.8, 4) is 0 Å². The van der Waals surface area contributed by atoms with Gasteiger partial charge in [-0.1, -0.05) is 20.3 Å². The Kier molecular flexibility index (Phi) is 5.72. The Morgan fingerprint density at radius 2 is 1.91 bits per heavy atom. The lowest BCUT2D eigenvalue weighted by atomic mass is 9.82. The highest BCUT2D eigenvalue weighted by Gasteiger charge is 2.36. The van der Waals surface area contributed by atoms with Gasteiger partial charge in [0.05, 0.1) is 6.10 Å². The van der Waals surface area contributed by atoms with Crippen LogP contribution in [0, 0.1) is 5.41 Å². The summed E-state index contributed by atoms with van der Waals surface area (Å²) in [5.41, 5.74) is -0.0885. The number of aliphatic hydroxyl groups excluding tert-OH is 1. The SMILES string of the molecule is CC(O)CC(C)(C)CNC(=O)NC1CC2CCCC(C1)N2C. The molecule has 128 valence electrons. The summed E-state index contributed by atoms with van der Waals surface area (Å²) in [6, 6.07) is 1.49. The number of urea groups is 1. The number of carbonyl (C=O) groups excluding carboxylic acids is 1. The van der Waals surface area contributed by atoms with Gasteiger partial charge in [0.2, 0.25) is 0 Å². The molecule has 0 aromatic carbocycles. The standard InChI is InChI=1S/C17H33N3O2/c1-12(21)10-17(2,3)11-18-16(22)19-13-8-14-6-5-7-15(9-13)20(14)4/h12-15,21H,5-11H2,1-4H3,(H2,18,19,22). The highest BCUT2D eigenvalue weighted by molar-refractivity contribution is 5.74. The van der Waals surface area contributed by atoms with E-state index in [1.165, 1.54) is 19.3 Å². The molecule has 22 heavy (non-hydrogen) atoms. The summed E-state index contributed by atoms with van der Waals surface area (Å²) in [4.78, 5) is 14.7. The lowest BCUT2D eigenvalue weighted by molar-refractivity contribution is 0.0507. The van der Waals surface area contributed by atoms with Gasteiger partial charge in [-0.3, -0.25) is 0 Å². The first-order valence-corrected chi connectivity index (χ1v) is 8.71. The molecule has 2 bridgehead atoms. The third kappa shape index (κ3) is 4.85. The Hall–Kier alpha value is -0.810. The fourth-order valence-corrected chi connectivity index (χ4v) is 4.16. The number of nitrogens with zero attached hydrogens (tertiary/aromatic N) is 1. The molecule has 3 N–H and O–H groups in total. The predicted octanol–water partition coefficient (Wildman–Crippen LogP) is 2.10. The molecule has 2 rings (SSSR count). The first-order chi connectivity index (χ1) is 10.3. The van der Waals surface area contributed by atoms with Crippen LogP contribution in [0.25, 0.3) is 0 Å². The molecular formula is C17H33N3O2. The number of hydrogen-bond donors (Lipinski definition) is 3. The van der Waals surface area contributed by atoms with Crippen molar-refractivity contribution in [1.82, 2.24) is 15.5 Å². The molecule has 2 saturated heterocycles. The number of aliphatic hydroxyl groups is 1. The minimum atomic E-state index is -0.340. The van der Waals surface area contributed by atoms with Crippen LogP contribution in [-0.4, -0.2) is 53.9 Å². The molecule has 0 aliphatic carbocycles. The molecule has 0 saturated carbocycles. The van der Waals surface area contributed by atoms with Crippen LogP contribution in [-0.2, 0) is 0 Å². The van der Waals surface area contributed by atoms with E-state index < -0.39 is 0 Å². The van der Waals surface area contributed by atoms with Crippen molar-refractivity contribution in [2.24, 2.45) is 5.41 Å². The first kappa shape index (κ1) is 17.5. The molecule has 3 atom stereocenters. The monoisotopic (exact) mass is 311 g/mol. The van der Waals surface area contributed by atoms with Gasteiger partial charge in [-0.2, -0.15) is 0 Å². The Bertz CT molecular complexity index is 370. The van der Waals surface area contributed by atoms with Crippen LogP contribution in [0.5, 0.6) is 0 Å². The van der Waals surface area contributed by atoms with Crippen LogP contribution < -0.4 is 10.6 Å². The number of carbonyl (C=O) groups is 1. The van der Waals surface area contributed by atoms with Crippen molar-refractivity contribution in [3.05, 3.63) is 0 Å². The molecule has 5 nitrogen and oxygen atoms in total. The van der Waals surface area contributed by atoms with Crippen LogP contribution in [0.1, 0.15) is 59.3 Å². The fraction of sp³-hybridized carbons (Fsp3) is 0.941. The van der Waals surface area contributed by atoms with Crippen molar-refractivity contribution >= 4 is 6.03 Å². The molecule has 0 spiro atoms. The Morgan fingerprint density at radius 3 is 2.45 bits per heavy atom. The lowest BCUT2D eigenvalue weighted by Gasteiger charge is -2.47. The van der Waals surface area contributed by atoms with E-state index >= 15 is 0 Å². The van der Waals surface area contributed by atoms with E-state index in [1.807, 2.05) is 0 Å². The number of piperidine rings is 2. The second kappa shape index (κ2) is 7.18. The minimum Gasteiger partial charge on any atom is -0.393 e. The summed E-state index contributed by atoms with van der Waals surface area (Å²) in [6.45, 7) is 6.52. The molecule has 5 heteroatoms. The summed E-state index contributed by atoms with van der Waals surface area (Å²) in [5.74, 6) is 0. The summed E-state index contributed by atoms with van der Waals surface area (Å²) in [7, 11) is 2.23. The maximum Gasteiger partial charge on any atom is 0.315 e. The smallest absolute Gasteiger partial charge is 0.315 e. The first-order valence-electron chi connectivity index (χ1n) is 8.71. The van der Waals surface area contributed by atoms with Gasteiger partial charge in [-0.15, -0.1) is 0 Å². The largest absolute Gasteiger partial charge is 0.393 e. The fourth-order valence-electron chi connectivity index (χ4n) is 4.16. The van der Waals surface area contributed by atoms with Crippen LogP contribution in [0.4, 0.5) is 4.79 Å². The number of fused-ring (bicyclic) bond motifs is 2. The Labute approximate surface area is 134 Å². The van der Waals surface area contributed by atoms with Crippen LogP contribution >= 0.6 is 0 Å². The van der Waals surface area contributed by atoms with E-state index in [2.05, 4.69) is 36.4 Å². The van der Waals surface area contributed by atoms with Crippen molar-refractivity contribution in [1.29, 1.82) is 0 Å². The average molecular weight is 311 g/mol. The topological polar surface area (TPSA) is 64.6 Å². The van der Waals surface area contributed by atoms with Crippen LogP contribution in [0.3, 0.4) is 0 Å². The number of amides is 2. The van der Waals surface area contributed by atoms with E-state index in [1.54, 1.807) is 6.92 Å². The van der Waals surface area contributed by atoms with Gasteiger partial charge in [0.15, 0.2) is 0 Å². The quantitative estimate of drug-likeness (QED) is 0.728. The molecule has 3 unspecified atom stereocenters. The highest BCUT2D eigenvalue weighted by Crippen LogP contribution is 2.32. The van der Waals surface area contributed by atoms with E-state index in [0.29, 0.717) is 31.1 Å². The molecular weight excluding hydrogens is 278 g/mol. The van der Waals surface area contributed by atoms with Gasteiger partial charge in [-0.05, 0) is 51.5 Å². The molecule has 0 aromatic heterocycles. The minimum absolute atomic E-state index is 0.0636. The summed E-state index contributed by atoms with van der Waals surface area (Å²) in [5, 5.41) is 15.6. The summed E-state index contributed by atoms with van der Waals surface area (Å²) >= 11 is 0. The van der Waals surface area contributed by atoms with E-state index in [4.69, 9.17) is 0 Å². The number of nitrogens with one attached hydrogen (secondary N) is 2. The van der Waals surface area contributed by atoms with Crippen molar-refractivity contribution in [3.63, 3.8) is 0 Å². The average Bonchev–Trinajstić information content (AvgIpc) is 2.36. The van der Waals surface area contributed by atoms with Crippen molar-refractivity contribution in [2.75, 3.05) is 13.6 Å². The highest BCUT2D eigenvalue weighted by atomic mass is 16.3. The van der Waals surface area contributed by atoms with Gasteiger partial charge in [0, 0.05) is 24.7 Å². The Balaban J connectivity index is 1.76. The van der Waals surface area contributed by atoms with Crippen LogP contribution in [0.2, 0.25) is 0 Å². The normalized spacial score (nSPS) is 30.7. The second-order valence-electron chi connectivity index (χ2n) is 8.12. The van der Waals surface area contributed by atoms with Crippen molar-refractivity contribution < 1.29 is 9.90 Å². The molecule has 2 heterocycles. The molecule has 2 amide bonds. The lowest BCUT2D eigenvalue weighted by Crippen LogP contribution is -2.56. The predicted molar refractivity (Wildman–Crippen MR) is 88.8 cm³/mol. The third-order valence-corrected chi connectivity index (χ3v) is 5.25. The molecule has 0 aromatic rings. The zero-order valence-electron chi connectivity index (χ0n) is 14.6. The van der Waals surface area contributed by atoms with Gasteiger partial charge in [-0.25, -0.2) is 4.79 Å². The van der Waals surface area contributed by atoms with E-state index in [9.17, 15) is 9.90 Å². The van der Waals surface area contributed by atoms with Gasteiger partial charge in [0.1, 0.15) is 0 Å². The van der Waals surface area contributed by atoms with Gasteiger partial charge < -0.3 is 20.6 Å². The molecule has 2 aliphatic rings. The summed E-state index contributed by atoms with van der Waals surface area (Å²) in [6.07, 6.45) is 6.32. The molecule has 0 radical (unpaired) electrons. The zero-order chi connectivity index (χ0) is 16.3. The Morgan fingerprint density at radius 1 is 1.32 bits per heavy atom. The third-order valence-electron chi connectivity index (χ3n) is 5.25. The van der Waals surface area contributed by atoms with Crippen LogP contribution in [0.15, 0.2) is 0 Å². The van der Waals surface area contributed by atoms with Gasteiger partial charge >= 0.3 is 6.03 Å². The zero-order valence-corrected chi connectivity index (χ0v) is 14.6. The van der Waals surface area contributed by atoms with E-state index in [0.717, 1.165) is 12.8 Å². The maximum absolute atomic E-state index is 12.1.